The van der Waals surface area contributed by atoms with Gasteiger partial charge < -0.3 is 5.11 Å². The number of hydrogen-bond acceptors (Lipinski definition) is 3. The van der Waals surface area contributed by atoms with Crippen molar-refractivity contribution in [1.29, 1.82) is 0 Å². The quantitative estimate of drug-likeness (QED) is 0.586. The molecule has 0 aliphatic rings. The molecule has 0 aromatic heterocycles. The summed E-state index contributed by atoms with van der Waals surface area (Å²) in [6.45, 7) is 0. The highest BCUT2D eigenvalue weighted by Crippen LogP contribution is 2.17. The maximum atomic E-state index is 12.6. The van der Waals surface area contributed by atoms with E-state index in [9.17, 15) is 19.3 Å². The largest absolute Gasteiger partial charge is 0.476 e. The number of hydrogen-bond donors (Lipinski definition) is 1. The number of carboxylic acid groups (broad SMARTS) is 1. The molecule has 0 saturated heterocycles. The van der Waals surface area contributed by atoms with Crippen molar-refractivity contribution in [2.24, 2.45) is 0 Å². The molecule has 0 radical (unpaired) electrons. The van der Waals surface area contributed by atoms with Crippen LogP contribution in [0.25, 0.3) is 0 Å². The van der Waals surface area contributed by atoms with Crippen LogP contribution in [-0.4, -0.2) is 16.0 Å². The first-order chi connectivity index (χ1) is 6.52. The molecule has 1 aromatic carbocycles. The maximum Gasteiger partial charge on any atom is 0.384 e. The average molecular weight is 199 g/mol. The van der Waals surface area contributed by atoms with Gasteiger partial charge in [-0.2, -0.15) is 0 Å². The van der Waals surface area contributed by atoms with Crippen molar-refractivity contribution in [3.8, 4) is 0 Å². The first-order valence-corrected chi connectivity index (χ1v) is 3.64. The number of halogens is 1. The third kappa shape index (κ3) is 2.03. The van der Waals surface area contributed by atoms with E-state index in [1.807, 2.05) is 0 Å². The molecule has 0 saturated carbocycles. The molecule has 0 bridgehead atoms. The van der Waals surface area contributed by atoms with Gasteiger partial charge in [-0.15, -0.1) is 0 Å². The zero-order valence-electron chi connectivity index (χ0n) is 6.88. The van der Waals surface area contributed by atoms with Crippen molar-refractivity contribution >= 4 is 5.97 Å². The van der Waals surface area contributed by atoms with Gasteiger partial charge in [-0.3, -0.25) is 10.1 Å². The molecule has 1 atom stereocenters. The minimum absolute atomic E-state index is 0.178. The fourth-order valence-corrected chi connectivity index (χ4v) is 1.03. The Bertz CT molecular complexity index is 365. The molecule has 1 rings (SSSR count). The highest BCUT2D eigenvalue weighted by molar-refractivity contribution is 5.73. The summed E-state index contributed by atoms with van der Waals surface area (Å²) in [5.74, 6) is -2.31. The zero-order chi connectivity index (χ0) is 10.7. The number of carboxylic acids is 1. The van der Waals surface area contributed by atoms with Crippen LogP contribution in [0.4, 0.5) is 4.39 Å². The van der Waals surface area contributed by atoms with Gasteiger partial charge in [-0.1, -0.05) is 12.1 Å². The van der Waals surface area contributed by atoms with Gasteiger partial charge in [0, 0.05) is 10.5 Å². The highest BCUT2D eigenvalue weighted by atomic mass is 19.1. The van der Waals surface area contributed by atoms with E-state index in [0.29, 0.717) is 0 Å². The van der Waals surface area contributed by atoms with E-state index in [1.165, 1.54) is 12.1 Å². The van der Waals surface area contributed by atoms with Gasteiger partial charge in [0.15, 0.2) is 0 Å². The van der Waals surface area contributed by atoms with Crippen molar-refractivity contribution in [3.05, 3.63) is 45.8 Å². The van der Waals surface area contributed by atoms with Crippen molar-refractivity contribution in [1.82, 2.24) is 0 Å². The molecule has 1 unspecified atom stereocenters. The lowest BCUT2D eigenvalue weighted by atomic mass is 10.1. The molecular weight excluding hydrogens is 193 g/mol. The van der Waals surface area contributed by atoms with E-state index in [0.717, 1.165) is 12.1 Å². The van der Waals surface area contributed by atoms with Gasteiger partial charge in [0.05, 0.1) is 0 Å². The van der Waals surface area contributed by atoms with Gasteiger partial charge in [-0.25, -0.2) is 9.18 Å². The molecule has 14 heavy (non-hydrogen) atoms. The molecular formula is C8H6FNO4. The van der Waals surface area contributed by atoms with Gasteiger partial charge in [0.1, 0.15) is 5.82 Å². The van der Waals surface area contributed by atoms with Crippen LogP contribution in [0.3, 0.4) is 0 Å². The van der Waals surface area contributed by atoms with Gasteiger partial charge >= 0.3 is 12.0 Å². The second kappa shape index (κ2) is 3.82. The Labute approximate surface area is 77.9 Å². The minimum Gasteiger partial charge on any atom is -0.476 e. The van der Waals surface area contributed by atoms with Crippen LogP contribution in [0.2, 0.25) is 0 Å². The Morgan fingerprint density at radius 2 is 2.21 bits per heavy atom. The fourth-order valence-electron chi connectivity index (χ4n) is 1.03. The average Bonchev–Trinajstić information content (AvgIpc) is 2.02. The number of aliphatic carboxylic acids is 1. The third-order valence-electron chi connectivity index (χ3n) is 1.61. The minimum atomic E-state index is -1.91. The molecule has 0 fully saturated rings. The molecule has 1 N–H and O–H groups in total. The van der Waals surface area contributed by atoms with E-state index in [2.05, 4.69) is 0 Å². The SMILES string of the molecule is O=C(O)C(c1cccc(F)c1)[N+](=O)[O-]. The monoisotopic (exact) mass is 199 g/mol. The molecule has 1 aromatic rings. The fraction of sp³-hybridized carbons (Fsp3) is 0.125. The Hall–Kier alpha value is -1.98. The number of rotatable bonds is 3. The molecule has 0 spiro atoms. The molecule has 5 nitrogen and oxygen atoms in total. The van der Waals surface area contributed by atoms with Gasteiger partial charge in [0.2, 0.25) is 0 Å². The van der Waals surface area contributed by atoms with Crippen LogP contribution >= 0.6 is 0 Å². The predicted octanol–water partition coefficient (Wildman–Crippen LogP) is 1.23. The summed E-state index contributed by atoms with van der Waals surface area (Å²) in [7, 11) is 0. The Morgan fingerprint density at radius 3 is 2.64 bits per heavy atom. The first-order valence-electron chi connectivity index (χ1n) is 3.64. The second-order valence-electron chi connectivity index (χ2n) is 2.58. The normalized spacial score (nSPS) is 12.1. The summed E-state index contributed by atoms with van der Waals surface area (Å²) < 4.78 is 12.6. The summed E-state index contributed by atoms with van der Waals surface area (Å²) in [6, 6.07) is 2.43. The molecule has 0 amide bonds. The molecule has 0 aliphatic carbocycles. The van der Waals surface area contributed by atoms with Crippen LogP contribution in [0.1, 0.15) is 11.6 Å². The van der Waals surface area contributed by atoms with E-state index in [-0.39, 0.29) is 5.56 Å². The summed E-state index contributed by atoms with van der Waals surface area (Å²) in [4.78, 5) is 19.9. The number of nitrogens with zero attached hydrogens (tertiary/aromatic N) is 1. The Morgan fingerprint density at radius 1 is 1.57 bits per heavy atom. The number of carbonyl (C=O) groups is 1. The van der Waals surface area contributed by atoms with E-state index < -0.39 is 22.8 Å². The zero-order valence-corrected chi connectivity index (χ0v) is 6.88. The standard InChI is InChI=1S/C8H6FNO4/c9-6-3-1-2-5(4-6)7(8(11)12)10(13)14/h1-4,7H,(H,11,12). The smallest absolute Gasteiger partial charge is 0.384 e. The van der Waals surface area contributed by atoms with Crippen LogP contribution in [-0.2, 0) is 4.79 Å². The Balaban J connectivity index is 3.12. The van der Waals surface area contributed by atoms with Crippen molar-refractivity contribution in [3.63, 3.8) is 0 Å². The second-order valence-corrected chi connectivity index (χ2v) is 2.58. The molecule has 74 valence electrons. The summed E-state index contributed by atoms with van der Waals surface area (Å²) in [5, 5.41) is 18.9. The van der Waals surface area contributed by atoms with Gasteiger partial charge in [-0.05, 0) is 12.1 Å². The van der Waals surface area contributed by atoms with Crippen LogP contribution in [0.15, 0.2) is 24.3 Å². The number of benzene rings is 1. The molecule has 6 heteroatoms. The lowest BCUT2D eigenvalue weighted by Crippen LogP contribution is -2.20. The third-order valence-corrected chi connectivity index (χ3v) is 1.61. The topological polar surface area (TPSA) is 80.4 Å². The van der Waals surface area contributed by atoms with Crippen LogP contribution in [0, 0.1) is 15.9 Å². The molecule has 0 aliphatic heterocycles. The van der Waals surface area contributed by atoms with Crippen molar-refractivity contribution < 1.29 is 19.2 Å². The van der Waals surface area contributed by atoms with E-state index in [4.69, 9.17) is 5.11 Å². The number of nitro groups is 1. The van der Waals surface area contributed by atoms with Gasteiger partial charge in [0.25, 0.3) is 0 Å². The van der Waals surface area contributed by atoms with E-state index in [1.54, 1.807) is 0 Å². The van der Waals surface area contributed by atoms with Crippen molar-refractivity contribution in [2.75, 3.05) is 0 Å². The summed E-state index contributed by atoms with van der Waals surface area (Å²) in [5.41, 5.74) is -0.178. The molecule has 0 heterocycles. The maximum absolute atomic E-state index is 12.6. The lowest BCUT2D eigenvalue weighted by molar-refractivity contribution is -0.516. The van der Waals surface area contributed by atoms with E-state index >= 15 is 0 Å². The summed E-state index contributed by atoms with van der Waals surface area (Å²) >= 11 is 0. The van der Waals surface area contributed by atoms with Crippen LogP contribution < -0.4 is 0 Å². The van der Waals surface area contributed by atoms with Crippen molar-refractivity contribution in [2.45, 2.75) is 6.04 Å². The lowest BCUT2D eigenvalue weighted by Gasteiger charge is -2.03. The van der Waals surface area contributed by atoms with Crippen LogP contribution in [0.5, 0.6) is 0 Å². The summed E-state index contributed by atoms with van der Waals surface area (Å²) in [6.07, 6.45) is 0. The first kappa shape index (κ1) is 10.1. The highest BCUT2D eigenvalue weighted by Gasteiger charge is 2.31. The predicted molar refractivity (Wildman–Crippen MR) is 43.8 cm³/mol. The Kier molecular flexibility index (Phi) is 2.76.